The maximum atomic E-state index is 12.1. The van der Waals surface area contributed by atoms with Crippen LogP contribution < -0.4 is 4.74 Å². The molecule has 0 atom stereocenters. The summed E-state index contributed by atoms with van der Waals surface area (Å²) in [6.07, 6.45) is 3.45. The summed E-state index contributed by atoms with van der Waals surface area (Å²) < 4.78 is 11.1. The van der Waals surface area contributed by atoms with Gasteiger partial charge < -0.3 is 14.6 Å². The molecule has 1 rings (SSSR count). The second kappa shape index (κ2) is 8.06. The second-order valence-corrected chi connectivity index (χ2v) is 5.93. The molecule has 0 saturated heterocycles. The zero-order valence-corrected chi connectivity index (χ0v) is 14.4. The minimum atomic E-state index is -1.06. The van der Waals surface area contributed by atoms with E-state index >= 15 is 0 Å². The Balaban J connectivity index is 3.21. The smallest absolute Gasteiger partial charge is 0.349 e. The Hall–Kier alpha value is -1.71. The summed E-state index contributed by atoms with van der Waals surface area (Å²) in [7, 11) is 0. The number of aryl methyl sites for hydroxylation is 2. The Morgan fingerprint density at radius 1 is 1.09 bits per heavy atom. The predicted molar refractivity (Wildman–Crippen MR) is 87.4 cm³/mol. The van der Waals surface area contributed by atoms with Crippen LogP contribution in [-0.4, -0.2) is 23.3 Å². The zero-order valence-electron chi connectivity index (χ0n) is 14.4. The van der Waals surface area contributed by atoms with Gasteiger partial charge in [0.05, 0.1) is 6.61 Å². The van der Waals surface area contributed by atoms with E-state index in [1.54, 1.807) is 32.9 Å². The summed E-state index contributed by atoms with van der Waals surface area (Å²) in [5.74, 6) is 0.570. The summed E-state index contributed by atoms with van der Waals surface area (Å²) >= 11 is 0. The molecule has 0 bridgehead atoms. The molecule has 1 aromatic carbocycles. The molecule has 0 aromatic heterocycles. The van der Waals surface area contributed by atoms with Crippen molar-refractivity contribution in [2.45, 2.75) is 65.9 Å². The molecule has 4 nitrogen and oxygen atoms in total. The number of ether oxygens (including phenoxy) is 2. The molecule has 0 aliphatic carbocycles. The van der Waals surface area contributed by atoms with E-state index in [-0.39, 0.29) is 11.7 Å². The molecule has 0 aliphatic rings. The third kappa shape index (κ3) is 4.65. The van der Waals surface area contributed by atoms with Crippen molar-refractivity contribution < 1.29 is 19.4 Å². The molecular formula is C18H28O4. The Bertz CT molecular complexity index is 479. The van der Waals surface area contributed by atoms with Crippen molar-refractivity contribution in [1.29, 1.82) is 0 Å². The Kier molecular flexibility index (Phi) is 6.72. The number of phenols is 1. The molecule has 0 radical (unpaired) electrons. The van der Waals surface area contributed by atoms with Gasteiger partial charge in [-0.05, 0) is 56.9 Å². The summed E-state index contributed by atoms with van der Waals surface area (Å²) in [5.41, 5.74) is 0.810. The number of hydrogen-bond acceptors (Lipinski definition) is 4. The first kappa shape index (κ1) is 18.3. The number of aromatic hydroxyl groups is 1. The number of hydrogen-bond donors (Lipinski definition) is 1. The van der Waals surface area contributed by atoms with Crippen LogP contribution in [0.5, 0.6) is 11.5 Å². The second-order valence-electron chi connectivity index (χ2n) is 5.93. The van der Waals surface area contributed by atoms with Crippen LogP contribution in [0.25, 0.3) is 0 Å². The molecule has 0 aliphatic heterocycles. The minimum Gasteiger partial charge on any atom is -0.508 e. The lowest BCUT2D eigenvalue weighted by Gasteiger charge is -2.27. The molecule has 0 unspecified atom stereocenters. The quantitative estimate of drug-likeness (QED) is 0.737. The van der Waals surface area contributed by atoms with E-state index < -0.39 is 5.60 Å². The average Bonchev–Trinajstić information content (AvgIpc) is 2.43. The first-order valence-corrected chi connectivity index (χ1v) is 8.06. The minimum absolute atomic E-state index is 0.244. The maximum Gasteiger partial charge on any atom is 0.349 e. The third-order valence-electron chi connectivity index (χ3n) is 3.39. The SMILES string of the molecule is CCCc1cc(O)cc(CCC)c1OC(C)(C)C(=O)OCC. The van der Waals surface area contributed by atoms with Crippen molar-refractivity contribution in [2.24, 2.45) is 0 Å². The third-order valence-corrected chi connectivity index (χ3v) is 3.39. The normalized spacial score (nSPS) is 11.3. The Morgan fingerprint density at radius 2 is 1.59 bits per heavy atom. The van der Waals surface area contributed by atoms with Gasteiger partial charge in [0.1, 0.15) is 11.5 Å². The lowest BCUT2D eigenvalue weighted by Crippen LogP contribution is -2.40. The Morgan fingerprint density at radius 3 is 2.00 bits per heavy atom. The topological polar surface area (TPSA) is 55.8 Å². The van der Waals surface area contributed by atoms with Crippen molar-refractivity contribution in [1.82, 2.24) is 0 Å². The van der Waals surface area contributed by atoms with Crippen LogP contribution in [0, 0.1) is 0 Å². The van der Waals surface area contributed by atoms with Crippen molar-refractivity contribution >= 4 is 5.97 Å². The molecule has 0 amide bonds. The van der Waals surface area contributed by atoms with Crippen molar-refractivity contribution in [2.75, 3.05) is 6.61 Å². The van der Waals surface area contributed by atoms with E-state index in [1.807, 2.05) is 0 Å². The largest absolute Gasteiger partial charge is 0.508 e. The van der Waals surface area contributed by atoms with E-state index in [9.17, 15) is 9.90 Å². The van der Waals surface area contributed by atoms with Crippen LogP contribution in [0.3, 0.4) is 0 Å². The highest BCUT2D eigenvalue weighted by Crippen LogP contribution is 2.34. The molecule has 1 N–H and O–H groups in total. The molecule has 124 valence electrons. The van der Waals surface area contributed by atoms with Gasteiger partial charge in [-0.15, -0.1) is 0 Å². The van der Waals surface area contributed by atoms with Gasteiger partial charge in [-0.3, -0.25) is 0 Å². The number of esters is 1. The van der Waals surface area contributed by atoms with Crippen molar-refractivity contribution in [3.05, 3.63) is 23.3 Å². The highest BCUT2D eigenvalue weighted by atomic mass is 16.6. The number of rotatable bonds is 8. The lowest BCUT2D eigenvalue weighted by molar-refractivity contribution is -0.158. The van der Waals surface area contributed by atoms with Crippen molar-refractivity contribution in [3.63, 3.8) is 0 Å². The number of phenolic OH excluding ortho intramolecular Hbond substituents is 1. The fourth-order valence-electron chi connectivity index (χ4n) is 2.38. The maximum absolute atomic E-state index is 12.1. The van der Waals surface area contributed by atoms with Crippen molar-refractivity contribution in [3.8, 4) is 11.5 Å². The van der Waals surface area contributed by atoms with E-state index in [2.05, 4.69) is 13.8 Å². The van der Waals surface area contributed by atoms with Crippen LogP contribution >= 0.6 is 0 Å². The van der Waals surface area contributed by atoms with E-state index in [4.69, 9.17) is 9.47 Å². The van der Waals surface area contributed by atoms with Crippen LogP contribution in [0.15, 0.2) is 12.1 Å². The van der Waals surface area contributed by atoms with Gasteiger partial charge >= 0.3 is 5.97 Å². The van der Waals surface area contributed by atoms with Crippen LogP contribution in [0.1, 0.15) is 58.6 Å². The molecule has 0 saturated carbocycles. The zero-order chi connectivity index (χ0) is 16.8. The van der Waals surface area contributed by atoms with Gasteiger partial charge in [0.15, 0.2) is 5.60 Å². The first-order valence-electron chi connectivity index (χ1n) is 8.06. The fraction of sp³-hybridized carbons (Fsp3) is 0.611. The summed E-state index contributed by atoms with van der Waals surface area (Å²) in [6.45, 7) is 9.67. The van der Waals surface area contributed by atoms with Crippen LogP contribution in [0.2, 0.25) is 0 Å². The molecule has 4 heteroatoms. The number of carbonyl (C=O) groups is 1. The van der Waals surface area contributed by atoms with Gasteiger partial charge in [-0.25, -0.2) is 4.79 Å². The van der Waals surface area contributed by atoms with Gasteiger partial charge in [-0.2, -0.15) is 0 Å². The monoisotopic (exact) mass is 308 g/mol. The molecule has 0 heterocycles. The fourth-order valence-corrected chi connectivity index (χ4v) is 2.38. The van der Waals surface area contributed by atoms with Gasteiger partial charge in [0.25, 0.3) is 0 Å². The average molecular weight is 308 g/mol. The Labute approximate surface area is 133 Å². The molecule has 0 spiro atoms. The standard InChI is InChI=1S/C18H28O4/c1-6-9-13-11-15(19)12-14(10-7-2)16(13)22-18(4,5)17(20)21-8-3/h11-12,19H,6-10H2,1-5H3. The molecule has 0 fully saturated rings. The molecular weight excluding hydrogens is 280 g/mol. The first-order chi connectivity index (χ1) is 10.4. The predicted octanol–water partition coefficient (Wildman–Crippen LogP) is 4.02. The van der Waals surface area contributed by atoms with E-state index in [0.717, 1.165) is 36.8 Å². The summed E-state index contributed by atoms with van der Waals surface area (Å²) in [5, 5.41) is 9.92. The van der Waals surface area contributed by atoms with Gasteiger partial charge in [-0.1, -0.05) is 26.7 Å². The van der Waals surface area contributed by atoms with E-state index in [1.165, 1.54) is 0 Å². The molecule has 1 aromatic rings. The number of benzene rings is 1. The number of carbonyl (C=O) groups excluding carboxylic acids is 1. The highest BCUT2D eigenvalue weighted by molar-refractivity contribution is 5.79. The van der Waals surface area contributed by atoms with Crippen LogP contribution in [0.4, 0.5) is 0 Å². The van der Waals surface area contributed by atoms with Gasteiger partial charge in [0, 0.05) is 0 Å². The highest BCUT2D eigenvalue weighted by Gasteiger charge is 2.33. The van der Waals surface area contributed by atoms with Gasteiger partial charge in [0.2, 0.25) is 0 Å². The van der Waals surface area contributed by atoms with E-state index in [0.29, 0.717) is 12.4 Å². The summed E-state index contributed by atoms with van der Waals surface area (Å²) in [6, 6.07) is 3.44. The molecule has 22 heavy (non-hydrogen) atoms. The van der Waals surface area contributed by atoms with Crippen LogP contribution in [-0.2, 0) is 22.4 Å². The summed E-state index contributed by atoms with van der Waals surface area (Å²) in [4.78, 5) is 12.1. The lowest BCUT2D eigenvalue weighted by atomic mass is 10.00.